The van der Waals surface area contributed by atoms with Gasteiger partial charge >= 0.3 is 5.97 Å². The van der Waals surface area contributed by atoms with Gasteiger partial charge in [0.05, 0.1) is 12.2 Å². The van der Waals surface area contributed by atoms with Gasteiger partial charge in [-0.1, -0.05) is 17.7 Å². The second-order valence-corrected chi connectivity index (χ2v) is 5.64. The van der Waals surface area contributed by atoms with E-state index in [0.29, 0.717) is 35.2 Å². The molecule has 0 saturated carbocycles. The summed E-state index contributed by atoms with van der Waals surface area (Å²) in [6.07, 6.45) is 0. The monoisotopic (exact) mass is 377 g/mol. The highest BCUT2D eigenvalue weighted by atomic mass is 35.5. The van der Waals surface area contributed by atoms with Gasteiger partial charge in [-0.15, -0.1) is 0 Å². The summed E-state index contributed by atoms with van der Waals surface area (Å²) in [5.41, 5.74) is 0.826. The maximum absolute atomic E-state index is 12.0. The van der Waals surface area contributed by atoms with Gasteiger partial charge in [-0.25, -0.2) is 4.79 Å². The Balaban J connectivity index is 1.83. The van der Waals surface area contributed by atoms with Crippen molar-refractivity contribution < 1.29 is 23.8 Å². The molecule has 1 N–H and O–H groups in total. The summed E-state index contributed by atoms with van der Waals surface area (Å²) in [7, 11) is 0. The molecule has 0 heterocycles. The van der Waals surface area contributed by atoms with Crippen LogP contribution in [-0.2, 0) is 14.3 Å². The number of amides is 1. The van der Waals surface area contributed by atoms with Crippen LogP contribution in [0.5, 0.6) is 5.75 Å². The lowest BCUT2D eigenvalue weighted by Gasteiger charge is -2.09. The summed E-state index contributed by atoms with van der Waals surface area (Å²) < 4.78 is 15.6. The molecular formula is C19H20ClNO5. The van der Waals surface area contributed by atoms with E-state index in [1.807, 2.05) is 6.92 Å². The van der Waals surface area contributed by atoms with Crippen molar-refractivity contribution in [1.29, 1.82) is 0 Å². The number of nitrogens with one attached hydrogen (secondary N) is 1. The third-order valence-electron chi connectivity index (χ3n) is 3.23. The molecule has 138 valence electrons. The first-order chi connectivity index (χ1) is 12.6. The summed E-state index contributed by atoms with van der Waals surface area (Å²) in [5.74, 6) is -0.281. The topological polar surface area (TPSA) is 73.9 Å². The fourth-order valence-corrected chi connectivity index (χ4v) is 2.15. The highest BCUT2D eigenvalue weighted by molar-refractivity contribution is 6.30. The lowest BCUT2D eigenvalue weighted by Crippen LogP contribution is -2.20. The van der Waals surface area contributed by atoms with Crippen LogP contribution in [0.2, 0.25) is 5.02 Å². The zero-order valence-electron chi connectivity index (χ0n) is 14.4. The van der Waals surface area contributed by atoms with Gasteiger partial charge < -0.3 is 19.5 Å². The highest BCUT2D eigenvalue weighted by Gasteiger charge is 2.09. The van der Waals surface area contributed by atoms with Crippen LogP contribution in [-0.4, -0.2) is 38.3 Å². The average Bonchev–Trinajstić information content (AvgIpc) is 2.65. The lowest BCUT2D eigenvalue weighted by atomic mass is 10.2. The van der Waals surface area contributed by atoms with Crippen molar-refractivity contribution in [2.75, 3.05) is 31.7 Å². The molecule has 0 aliphatic rings. The summed E-state index contributed by atoms with van der Waals surface area (Å²) >= 11 is 5.79. The van der Waals surface area contributed by atoms with Crippen molar-refractivity contribution in [3.63, 3.8) is 0 Å². The van der Waals surface area contributed by atoms with Gasteiger partial charge in [0.25, 0.3) is 5.91 Å². The Bertz CT molecular complexity index is 733. The van der Waals surface area contributed by atoms with E-state index in [4.69, 9.17) is 25.8 Å². The fourth-order valence-electron chi connectivity index (χ4n) is 2.02. The Labute approximate surface area is 157 Å². The molecule has 0 fully saturated rings. The zero-order valence-corrected chi connectivity index (χ0v) is 15.1. The second kappa shape index (κ2) is 10.4. The van der Waals surface area contributed by atoms with Crippen LogP contribution < -0.4 is 10.1 Å². The van der Waals surface area contributed by atoms with E-state index in [1.165, 1.54) is 0 Å². The highest BCUT2D eigenvalue weighted by Crippen LogP contribution is 2.16. The normalized spacial score (nSPS) is 10.2. The molecule has 7 heteroatoms. The molecule has 2 rings (SSSR count). The molecule has 1 amide bonds. The van der Waals surface area contributed by atoms with Crippen molar-refractivity contribution in [1.82, 2.24) is 0 Å². The van der Waals surface area contributed by atoms with E-state index < -0.39 is 5.97 Å². The van der Waals surface area contributed by atoms with Crippen molar-refractivity contribution in [2.24, 2.45) is 0 Å². The van der Waals surface area contributed by atoms with E-state index in [0.717, 1.165) is 0 Å². The number of hydrogen-bond donors (Lipinski definition) is 1. The van der Waals surface area contributed by atoms with Crippen molar-refractivity contribution in [3.8, 4) is 5.75 Å². The molecule has 0 aromatic heterocycles. The molecule has 0 unspecified atom stereocenters. The smallest absolute Gasteiger partial charge is 0.338 e. The Morgan fingerprint density at radius 2 is 1.85 bits per heavy atom. The van der Waals surface area contributed by atoms with Crippen molar-refractivity contribution >= 4 is 29.2 Å². The first-order valence-corrected chi connectivity index (χ1v) is 8.49. The summed E-state index contributed by atoms with van der Waals surface area (Å²) in [4.78, 5) is 23.9. The largest absolute Gasteiger partial charge is 0.484 e. The minimum Gasteiger partial charge on any atom is -0.484 e. The number of rotatable bonds is 9. The van der Waals surface area contributed by atoms with Crippen LogP contribution in [0, 0.1) is 0 Å². The summed E-state index contributed by atoms with van der Waals surface area (Å²) in [6.45, 7) is 2.80. The molecule has 0 spiro atoms. The van der Waals surface area contributed by atoms with Crippen LogP contribution >= 0.6 is 11.6 Å². The third-order valence-corrected chi connectivity index (χ3v) is 3.48. The molecule has 0 radical (unpaired) electrons. The Kier molecular flexibility index (Phi) is 7.92. The van der Waals surface area contributed by atoms with Gasteiger partial charge in [0.1, 0.15) is 12.4 Å². The van der Waals surface area contributed by atoms with Gasteiger partial charge in [0.15, 0.2) is 6.61 Å². The molecule has 26 heavy (non-hydrogen) atoms. The number of carbonyl (C=O) groups excluding carboxylic acids is 2. The summed E-state index contributed by atoms with van der Waals surface area (Å²) in [6, 6.07) is 13.2. The zero-order chi connectivity index (χ0) is 18.8. The van der Waals surface area contributed by atoms with Crippen LogP contribution in [0.25, 0.3) is 0 Å². The van der Waals surface area contributed by atoms with E-state index >= 15 is 0 Å². The van der Waals surface area contributed by atoms with E-state index in [1.54, 1.807) is 48.5 Å². The molecule has 2 aromatic rings. The maximum Gasteiger partial charge on any atom is 0.338 e. The number of carbonyl (C=O) groups is 2. The van der Waals surface area contributed by atoms with Crippen LogP contribution in [0.1, 0.15) is 17.3 Å². The van der Waals surface area contributed by atoms with Gasteiger partial charge in [0.2, 0.25) is 0 Å². The van der Waals surface area contributed by atoms with E-state index in [9.17, 15) is 9.59 Å². The van der Waals surface area contributed by atoms with Crippen molar-refractivity contribution in [3.05, 3.63) is 59.1 Å². The van der Waals surface area contributed by atoms with Gasteiger partial charge in [-0.05, 0) is 49.4 Å². The van der Waals surface area contributed by atoms with Gasteiger partial charge in [-0.2, -0.15) is 0 Å². The number of ether oxygens (including phenoxy) is 3. The standard InChI is InChI=1S/C19H20ClNO5/c1-2-24-10-11-25-19(23)14-4-3-5-16(12-14)21-18(22)13-26-17-8-6-15(20)7-9-17/h3-9,12H,2,10-11,13H2,1H3,(H,21,22). The van der Waals surface area contributed by atoms with Crippen LogP contribution in [0.3, 0.4) is 0 Å². The van der Waals surface area contributed by atoms with Crippen LogP contribution in [0.15, 0.2) is 48.5 Å². The maximum atomic E-state index is 12.0. The molecule has 0 bridgehead atoms. The molecule has 0 saturated heterocycles. The van der Waals surface area contributed by atoms with E-state index in [2.05, 4.69) is 5.32 Å². The predicted molar refractivity (Wildman–Crippen MR) is 98.8 cm³/mol. The molecule has 0 aliphatic heterocycles. The minimum absolute atomic E-state index is 0.162. The predicted octanol–water partition coefficient (Wildman–Crippen LogP) is 3.55. The number of esters is 1. The average molecular weight is 378 g/mol. The van der Waals surface area contributed by atoms with Crippen LogP contribution in [0.4, 0.5) is 5.69 Å². The molecule has 0 atom stereocenters. The first kappa shape index (κ1) is 19.8. The number of benzene rings is 2. The van der Waals surface area contributed by atoms with Gasteiger partial charge in [-0.3, -0.25) is 4.79 Å². The van der Waals surface area contributed by atoms with E-state index in [-0.39, 0.29) is 19.1 Å². The molecule has 2 aromatic carbocycles. The minimum atomic E-state index is -0.474. The lowest BCUT2D eigenvalue weighted by molar-refractivity contribution is -0.118. The quantitative estimate of drug-likeness (QED) is 0.534. The Morgan fingerprint density at radius 3 is 2.58 bits per heavy atom. The SMILES string of the molecule is CCOCCOC(=O)c1cccc(NC(=O)COc2ccc(Cl)cc2)c1. The number of hydrogen-bond acceptors (Lipinski definition) is 5. The Morgan fingerprint density at radius 1 is 1.08 bits per heavy atom. The second-order valence-electron chi connectivity index (χ2n) is 5.20. The number of anilines is 1. The third kappa shape index (κ3) is 6.74. The van der Waals surface area contributed by atoms with Crippen molar-refractivity contribution in [2.45, 2.75) is 6.92 Å². The van der Waals surface area contributed by atoms with Gasteiger partial charge in [0, 0.05) is 17.3 Å². The molecule has 0 aliphatic carbocycles. The molecule has 6 nitrogen and oxygen atoms in total. The fraction of sp³-hybridized carbons (Fsp3) is 0.263. The molecular weight excluding hydrogens is 358 g/mol. The summed E-state index contributed by atoms with van der Waals surface area (Å²) in [5, 5.41) is 3.26. The first-order valence-electron chi connectivity index (χ1n) is 8.11. The number of halogens is 1. The Hall–Kier alpha value is -2.57.